The molecular weight excluding hydrogens is 250 g/mol. The van der Waals surface area contributed by atoms with Gasteiger partial charge in [-0.25, -0.2) is 0 Å². The van der Waals surface area contributed by atoms with Gasteiger partial charge in [-0.15, -0.1) is 0 Å². The van der Waals surface area contributed by atoms with Crippen LogP contribution in [-0.4, -0.2) is 61.4 Å². The molecule has 1 unspecified atom stereocenters. The summed E-state index contributed by atoms with van der Waals surface area (Å²) in [7, 11) is 1.61. The highest BCUT2D eigenvalue weighted by atomic mass is 16.5. The molecule has 0 aromatic heterocycles. The number of hydrogen-bond donors (Lipinski definition) is 1. The van der Waals surface area contributed by atoms with Crippen molar-refractivity contribution in [3.63, 3.8) is 0 Å². The predicted octanol–water partition coefficient (Wildman–Crippen LogP) is 0.505. The van der Waals surface area contributed by atoms with Crippen LogP contribution in [0.3, 0.4) is 0 Å². The van der Waals surface area contributed by atoms with Crippen molar-refractivity contribution in [1.29, 1.82) is 0 Å². The highest BCUT2D eigenvalue weighted by molar-refractivity contribution is 5.84. The number of carboxylic acids is 1. The summed E-state index contributed by atoms with van der Waals surface area (Å²) in [6.45, 7) is 1.77. The number of methoxy groups -OCH3 is 1. The first-order valence-corrected chi connectivity index (χ1v) is 6.69. The third-order valence-electron chi connectivity index (χ3n) is 4.01. The number of ether oxygens (including phenoxy) is 2. The molecule has 1 amide bonds. The number of carbonyl (C=O) groups is 2. The topological polar surface area (TPSA) is 76.1 Å². The average molecular weight is 271 g/mol. The average Bonchev–Trinajstić information content (AvgIpc) is 2.32. The van der Waals surface area contributed by atoms with Crippen LogP contribution in [-0.2, 0) is 19.1 Å². The Balaban J connectivity index is 1.96. The van der Waals surface area contributed by atoms with Gasteiger partial charge in [0.15, 0.2) is 0 Å². The summed E-state index contributed by atoms with van der Waals surface area (Å²) in [5.74, 6) is -0.797. The lowest BCUT2D eigenvalue weighted by atomic mass is 9.68. The lowest BCUT2D eigenvalue weighted by Gasteiger charge is -2.44. The molecule has 2 fully saturated rings. The summed E-state index contributed by atoms with van der Waals surface area (Å²) < 4.78 is 10.6. The van der Waals surface area contributed by atoms with E-state index >= 15 is 0 Å². The number of carboxylic acid groups (broad SMARTS) is 1. The first kappa shape index (κ1) is 14.3. The maximum absolute atomic E-state index is 12.6. The molecule has 0 aromatic carbocycles. The van der Waals surface area contributed by atoms with Gasteiger partial charge in [0.05, 0.1) is 31.2 Å². The minimum Gasteiger partial charge on any atom is -0.481 e. The normalized spacial score (nSPS) is 25.7. The third kappa shape index (κ3) is 3.06. The van der Waals surface area contributed by atoms with Gasteiger partial charge in [0.1, 0.15) is 0 Å². The summed E-state index contributed by atoms with van der Waals surface area (Å²) in [4.78, 5) is 25.0. The minimum absolute atomic E-state index is 0.0545. The zero-order chi connectivity index (χ0) is 13.9. The molecule has 2 rings (SSSR count). The Morgan fingerprint density at radius 3 is 2.74 bits per heavy atom. The molecule has 2 aliphatic rings. The number of morpholine rings is 1. The van der Waals surface area contributed by atoms with Crippen molar-refractivity contribution < 1.29 is 24.2 Å². The Morgan fingerprint density at radius 2 is 2.21 bits per heavy atom. The van der Waals surface area contributed by atoms with Gasteiger partial charge < -0.3 is 19.5 Å². The zero-order valence-corrected chi connectivity index (χ0v) is 11.3. The van der Waals surface area contributed by atoms with Gasteiger partial charge >= 0.3 is 5.97 Å². The van der Waals surface area contributed by atoms with E-state index in [0.29, 0.717) is 26.3 Å². The van der Waals surface area contributed by atoms with Crippen LogP contribution >= 0.6 is 0 Å². The summed E-state index contributed by atoms with van der Waals surface area (Å²) in [6.07, 6.45) is 2.33. The van der Waals surface area contributed by atoms with E-state index < -0.39 is 12.1 Å². The van der Waals surface area contributed by atoms with Gasteiger partial charge in [0.2, 0.25) is 5.91 Å². The fourth-order valence-corrected chi connectivity index (χ4v) is 2.86. The van der Waals surface area contributed by atoms with Gasteiger partial charge in [0, 0.05) is 20.2 Å². The lowest BCUT2D eigenvalue weighted by Crippen LogP contribution is -2.55. The smallest absolute Gasteiger partial charge is 0.306 e. The number of nitrogens with zero attached hydrogens (tertiary/aromatic N) is 1. The van der Waals surface area contributed by atoms with E-state index in [0.717, 1.165) is 19.3 Å². The fraction of sp³-hybridized carbons (Fsp3) is 0.846. The SMILES string of the molecule is COCC1(C(=O)N2CCOC(CC(=O)O)C2)CCC1. The highest BCUT2D eigenvalue weighted by Crippen LogP contribution is 2.43. The molecule has 108 valence electrons. The van der Waals surface area contributed by atoms with Gasteiger partial charge in [-0.1, -0.05) is 6.42 Å². The molecule has 1 saturated heterocycles. The Bertz CT molecular complexity index is 353. The summed E-state index contributed by atoms with van der Waals surface area (Å²) in [5, 5.41) is 8.79. The molecule has 1 atom stereocenters. The number of hydrogen-bond acceptors (Lipinski definition) is 4. The summed E-state index contributed by atoms with van der Waals surface area (Å²) in [5.41, 5.74) is -0.375. The fourth-order valence-electron chi connectivity index (χ4n) is 2.86. The van der Waals surface area contributed by atoms with Crippen molar-refractivity contribution in [1.82, 2.24) is 4.90 Å². The Morgan fingerprint density at radius 1 is 1.47 bits per heavy atom. The first-order valence-electron chi connectivity index (χ1n) is 6.69. The lowest BCUT2D eigenvalue weighted by molar-refractivity contribution is -0.161. The first-order chi connectivity index (χ1) is 9.07. The van der Waals surface area contributed by atoms with Crippen LogP contribution in [0.2, 0.25) is 0 Å². The van der Waals surface area contributed by atoms with Gasteiger partial charge in [-0.2, -0.15) is 0 Å². The van der Waals surface area contributed by atoms with Crippen molar-refractivity contribution in [3.05, 3.63) is 0 Å². The number of rotatable bonds is 5. The van der Waals surface area contributed by atoms with Crippen LogP contribution in [0.15, 0.2) is 0 Å². The van der Waals surface area contributed by atoms with Gasteiger partial charge in [-0.3, -0.25) is 9.59 Å². The Kier molecular flexibility index (Phi) is 4.42. The van der Waals surface area contributed by atoms with E-state index in [9.17, 15) is 9.59 Å². The van der Waals surface area contributed by atoms with E-state index in [-0.39, 0.29) is 17.7 Å². The molecule has 0 aromatic rings. The number of carbonyl (C=O) groups excluding carboxylic acids is 1. The maximum atomic E-state index is 12.6. The second kappa shape index (κ2) is 5.88. The molecule has 6 heteroatoms. The van der Waals surface area contributed by atoms with E-state index in [1.807, 2.05) is 0 Å². The molecular formula is C13H21NO5. The van der Waals surface area contributed by atoms with Crippen LogP contribution in [0.5, 0.6) is 0 Å². The summed E-state index contributed by atoms with van der Waals surface area (Å²) >= 11 is 0. The second-order valence-electron chi connectivity index (χ2n) is 5.41. The van der Waals surface area contributed by atoms with Gasteiger partial charge in [-0.05, 0) is 12.8 Å². The molecule has 1 aliphatic heterocycles. The molecule has 6 nitrogen and oxygen atoms in total. The number of amides is 1. The van der Waals surface area contributed by atoms with Crippen LogP contribution < -0.4 is 0 Å². The van der Waals surface area contributed by atoms with Crippen LogP contribution in [0.4, 0.5) is 0 Å². The van der Waals surface area contributed by atoms with Crippen LogP contribution in [0.25, 0.3) is 0 Å². The molecule has 1 aliphatic carbocycles. The quantitative estimate of drug-likeness (QED) is 0.788. The molecule has 1 saturated carbocycles. The number of aliphatic carboxylic acids is 1. The van der Waals surface area contributed by atoms with Crippen LogP contribution in [0.1, 0.15) is 25.7 Å². The van der Waals surface area contributed by atoms with Crippen molar-refractivity contribution in [2.24, 2.45) is 5.41 Å². The summed E-state index contributed by atoms with van der Waals surface area (Å²) in [6, 6.07) is 0. The molecule has 19 heavy (non-hydrogen) atoms. The zero-order valence-electron chi connectivity index (χ0n) is 11.3. The largest absolute Gasteiger partial charge is 0.481 e. The molecule has 0 radical (unpaired) electrons. The van der Waals surface area contributed by atoms with Crippen molar-refractivity contribution in [3.8, 4) is 0 Å². The van der Waals surface area contributed by atoms with Gasteiger partial charge in [0.25, 0.3) is 0 Å². The van der Waals surface area contributed by atoms with E-state index in [2.05, 4.69) is 0 Å². The standard InChI is InChI=1S/C13H21NO5/c1-18-9-13(3-2-4-13)12(17)14-5-6-19-10(8-14)7-11(15)16/h10H,2-9H2,1H3,(H,15,16). The van der Waals surface area contributed by atoms with E-state index in [4.69, 9.17) is 14.6 Å². The van der Waals surface area contributed by atoms with Crippen molar-refractivity contribution in [2.45, 2.75) is 31.8 Å². The minimum atomic E-state index is -0.894. The predicted molar refractivity (Wildman–Crippen MR) is 66.7 cm³/mol. The monoisotopic (exact) mass is 271 g/mol. The Labute approximate surface area is 112 Å². The molecule has 0 bridgehead atoms. The Hall–Kier alpha value is -1.14. The van der Waals surface area contributed by atoms with Crippen molar-refractivity contribution >= 4 is 11.9 Å². The molecule has 1 N–H and O–H groups in total. The van der Waals surface area contributed by atoms with Crippen LogP contribution in [0, 0.1) is 5.41 Å². The maximum Gasteiger partial charge on any atom is 0.306 e. The third-order valence-corrected chi connectivity index (χ3v) is 4.01. The highest BCUT2D eigenvalue weighted by Gasteiger charge is 2.47. The second-order valence-corrected chi connectivity index (χ2v) is 5.41. The molecule has 0 spiro atoms. The molecule has 1 heterocycles. The van der Waals surface area contributed by atoms with E-state index in [1.54, 1.807) is 12.0 Å². The van der Waals surface area contributed by atoms with E-state index in [1.165, 1.54) is 0 Å². The van der Waals surface area contributed by atoms with Crippen molar-refractivity contribution in [2.75, 3.05) is 33.4 Å².